The average Bonchev–Trinajstić information content (AvgIpc) is 3.52. The molecule has 0 aliphatic carbocycles. The summed E-state index contributed by atoms with van der Waals surface area (Å²) in [5.41, 5.74) is 1.28. The van der Waals surface area contributed by atoms with E-state index in [2.05, 4.69) is 26.8 Å². The molecule has 0 radical (unpaired) electrons. The van der Waals surface area contributed by atoms with Crippen LogP contribution in [0.3, 0.4) is 0 Å². The number of carbonyl (C=O) groups excluding carboxylic acids is 1. The van der Waals surface area contributed by atoms with Gasteiger partial charge in [0.2, 0.25) is 11.7 Å². The molecule has 2 aromatic heterocycles. The van der Waals surface area contributed by atoms with Crippen LogP contribution in [0.15, 0.2) is 24.3 Å². The van der Waals surface area contributed by atoms with Gasteiger partial charge in [0.05, 0.1) is 23.8 Å². The monoisotopic (exact) mass is 473 g/mol. The zero-order chi connectivity index (χ0) is 24.5. The number of aromatic nitrogens is 5. The fourth-order valence-corrected chi connectivity index (χ4v) is 3.91. The van der Waals surface area contributed by atoms with E-state index < -0.39 is 17.6 Å². The Morgan fingerprint density at radius 3 is 2.82 bits per heavy atom. The maximum Gasteiger partial charge on any atom is 0.416 e. The van der Waals surface area contributed by atoms with Crippen molar-refractivity contribution in [2.24, 2.45) is 0 Å². The molecule has 1 saturated heterocycles. The number of tetrazole rings is 1. The number of anilines is 1. The minimum Gasteiger partial charge on any atom is -0.376 e. The molecule has 1 atom stereocenters. The number of nitriles is 1. The van der Waals surface area contributed by atoms with E-state index in [1.165, 1.54) is 12.1 Å². The van der Waals surface area contributed by atoms with Gasteiger partial charge >= 0.3 is 6.18 Å². The lowest BCUT2D eigenvalue weighted by Crippen LogP contribution is -2.24. The van der Waals surface area contributed by atoms with E-state index in [9.17, 15) is 23.2 Å². The number of ether oxygens (including phenoxy) is 1. The fraction of sp³-hybridized carbons (Fsp3) is 0.409. The van der Waals surface area contributed by atoms with Gasteiger partial charge in [0.15, 0.2) is 0 Å². The Morgan fingerprint density at radius 1 is 1.35 bits per heavy atom. The van der Waals surface area contributed by atoms with Gasteiger partial charge in [0, 0.05) is 17.9 Å². The van der Waals surface area contributed by atoms with Gasteiger partial charge in [0.25, 0.3) is 0 Å². The van der Waals surface area contributed by atoms with Gasteiger partial charge in [-0.15, -0.1) is 10.2 Å². The molecule has 0 bridgehead atoms. The van der Waals surface area contributed by atoms with Gasteiger partial charge in [-0.05, 0) is 49.6 Å². The van der Waals surface area contributed by atoms with Crippen LogP contribution in [0.2, 0.25) is 0 Å². The van der Waals surface area contributed by atoms with Gasteiger partial charge < -0.3 is 14.6 Å². The Labute approximate surface area is 193 Å². The van der Waals surface area contributed by atoms with Crippen LogP contribution in [0.4, 0.5) is 19.0 Å². The zero-order valence-electron chi connectivity index (χ0n) is 18.6. The van der Waals surface area contributed by atoms with Crippen LogP contribution in [-0.4, -0.2) is 43.4 Å². The molecule has 0 saturated carbocycles. The Kier molecular flexibility index (Phi) is 6.39. The molecule has 34 heavy (non-hydrogen) atoms. The van der Waals surface area contributed by atoms with Crippen LogP contribution in [0.25, 0.3) is 11.4 Å². The van der Waals surface area contributed by atoms with Crippen molar-refractivity contribution in [1.29, 1.82) is 5.26 Å². The van der Waals surface area contributed by atoms with Crippen molar-refractivity contribution >= 4 is 11.7 Å². The summed E-state index contributed by atoms with van der Waals surface area (Å²) in [6, 6.07) is 6.69. The molecule has 1 N–H and O–H groups in total. The van der Waals surface area contributed by atoms with Gasteiger partial charge in [0.1, 0.15) is 18.4 Å². The van der Waals surface area contributed by atoms with Gasteiger partial charge in [-0.1, -0.05) is 12.1 Å². The van der Waals surface area contributed by atoms with Gasteiger partial charge in [-0.3, -0.25) is 4.79 Å². The summed E-state index contributed by atoms with van der Waals surface area (Å²) < 4.78 is 46.5. The summed E-state index contributed by atoms with van der Waals surface area (Å²) in [6.07, 6.45) is -2.64. The molecule has 1 aromatic carbocycles. The number of hydrogen-bond donors (Lipinski definition) is 1. The average molecular weight is 473 g/mol. The number of carbonyl (C=O) groups is 1. The van der Waals surface area contributed by atoms with E-state index in [-0.39, 0.29) is 24.0 Å². The van der Waals surface area contributed by atoms with Crippen LogP contribution in [-0.2, 0) is 28.8 Å². The molecular weight excluding hydrogens is 451 g/mol. The topological polar surface area (TPSA) is 111 Å². The predicted octanol–water partition coefficient (Wildman–Crippen LogP) is 3.47. The number of alkyl halides is 3. The summed E-state index contributed by atoms with van der Waals surface area (Å²) in [4.78, 5) is 13.7. The summed E-state index contributed by atoms with van der Waals surface area (Å²) in [5, 5.41) is 24.0. The highest BCUT2D eigenvalue weighted by atomic mass is 19.4. The molecule has 1 fully saturated rings. The van der Waals surface area contributed by atoms with Crippen molar-refractivity contribution < 1.29 is 22.7 Å². The summed E-state index contributed by atoms with van der Waals surface area (Å²) in [5.74, 6) is -0.170. The molecule has 1 aliphatic heterocycles. The van der Waals surface area contributed by atoms with Crippen molar-refractivity contribution in [3.63, 3.8) is 0 Å². The fourth-order valence-electron chi connectivity index (χ4n) is 3.91. The highest BCUT2D eigenvalue weighted by Crippen LogP contribution is 2.31. The van der Waals surface area contributed by atoms with Crippen molar-refractivity contribution in [2.45, 2.75) is 52.1 Å². The number of nitrogens with one attached hydrogen (secondary N) is 1. The van der Waals surface area contributed by atoms with Crippen LogP contribution in [0, 0.1) is 25.2 Å². The minimum atomic E-state index is -4.50. The largest absolute Gasteiger partial charge is 0.416 e. The molecule has 178 valence electrons. The standard InChI is InChI=1S/C22H22F3N7O2/c1-13-14(2)31(11-17-7-4-8-34-17)21(18(13)10-26)27-19(33)12-32-29-20(28-30-32)15-5-3-6-16(9-15)22(23,24)25/h3,5-6,9,17H,4,7-8,11-12H2,1-2H3,(H,27,33)/t17-/m0/s1. The number of halogens is 3. The molecule has 0 spiro atoms. The molecule has 3 heterocycles. The summed E-state index contributed by atoms with van der Waals surface area (Å²) >= 11 is 0. The first kappa shape index (κ1) is 23.4. The number of benzene rings is 1. The second-order valence-electron chi connectivity index (χ2n) is 8.06. The van der Waals surface area contributed by atoms with Crippen LogP contribution < -0.4 is 5.32 Å². The van der Waals surface area contributed by atoms with Crippen LogP contribution >= 0.6 is 0 Å². The molecule has 4 rings (SSSR count). The van der Waals surface area contributed by atoms with E-state index in [1.54, 1.807) is 0 Å². The third-order valence-corrected chi connectivity index (χ3v) is 5.80. The smallest absolute Gasteiger partial charge is 0.376 e. The lowest BCUT2D eigenvalue weighted by Gasteiger charge is -2.16. The Balaban J connectivity index is 1.51. The third kappa shape index (κ3) is 4.79. The second kappa shape index (κ2) is 9.26. The molecule has 0 unspecified atom stereocenters. The Hall–Kier alpha value is -3.72. The Bertz CT molecular complexity index is 1250. The number of rotatable bonds is 6. The second-order valence-corrected chi connectivity index (χ2v) is 8.06. The maximum absolute atomic E-state index is 13.0. The quantitative estimate of drug-likeness (QED) is 0.587. The summed E-state index contributed by atoms with van der Waals surface area (Å²) in [6.45, 7) is 4.55. The molecule has 9 nitrogen and oxygen atoms in total. The first-order valence-electron chi connectivity index (χ1n) is 10.6. The highest BCUT2D eigenvalue weighted by molar-refractivity contribution is 5.91. The number of amides is 1. The SMILES string of the molecule is Cc1c(C#N)c(NC(=O)Cn2nnc(-c3cccc(C(F)(F)F)c3)n2)n(C[C@@H]2CCCO2)c1C. The minimum absolute atomic E-state index is 0.000281. The van der Waals surface area contributed by atoms with Crippen molar-refractivity contribution in [1.82, 2.24) is 24.8 Å². The van der Waals surface area contributed by atoms with E-state index in [0.717, 1.165) is 41.0 Å². The van der Waals surface area contributed by atoms with Gasteiger partial charge in [-0.25, -0.2) is 0 Å². The molecule has 1 amide bonds. The lowest BCUT2D eigenvalue weighted by atomic mass is 10.1. The summed E-state index contributed by atoms with van der Waals surface area (Å²) in [7, 11) is 0. The lowest BCUT2D eigenvalue weighted by molar-refractivity contribution is -0.137. The molecule has 3 aromatic rings. The third-order valence-electron chi connectivity index (χ3n) is 5.80. The molecule has 1 aliphatic rings. The van der Waals surface area contributed by atoms with E-state index in [1.807, 2.05) is 18.4 Å². The normalized spacial score (nSPS) is 15.9. The van der Waals surface area contributed by atoms with Crippen molar-refractivity contribution in [3.8, 4) is 17.5 Å². The zero-order valence-corrected chi connectivity index (χ0v) is 18.6. The van der Waals surface area contributed by atoms with E-state index >= 15 is 0 Å². The van der Waals surface area contributed by atoms with Crippen LogP contribution in [0.1, 0.15) is 35.2 Å². The van der Waals surface area contributed by atoms with E-state index in [0.29, 0.717) is 24.5 Å². The van der Waals surface area contributed by atoms with Crippen molar-refractivity contribution in [3.05, 3.63) is 46.6 Å². The van der Waals surface area contributed by atoms with E-state index in [4.69, 9.17) is 4.74 Å². The first-order valence-corrected chi connectivity index (χ1v) is 10.6. The molecular formula is C22H22F3N7O2. The number of nitrogens with zero attached hydrogens (tertiary/aromatic N) is 6. The Morgan fingerprint density at radius 2 is 2.15 bits per heavy atom. The molecule has 12 heteroatoms. The first-order chi connectivity index (χ1) is 16.2. The predicted molar refractivity (Wildman–Crippen MR) is 114 cm³/mol. The van der Waals surface area contributed by atoms with Crippen molar-refractivity contribution in [2.75, 3.05) is 11.9 Å². The van der Waals surface area contributed by atoms with Crippen LogP contribution in [0.5, 0.6) is 0 Å². The number of hydrogen-bond acceptors (Lipinski definition) is 6. The maximum atomic E-state index is 13.0. The van der Waals surface area contributed by atoms with Gasteiger partial charge in [-0.2, -0.15) is 23.2 Å². The highest BCUT2D eigenvalue weighted by Gasteiger charge is 2.31.